The lowest BCUT2D eigenvalue weighted by Crippen LogP contribution is -2.38. The highest BCUT2D eigenvalue weighted by Gasteiger charge is 2.12. The molecule has 2 rings (SSSR count). The van der Waals surface area contributed by atoms with Gasteiger partial charge < -0.3 is 15.4 Å². The number of aliphatic imine (C=N–C) groups is 1. The molecule has 1 aromatic rings. The molecule has 146 valence electrons. The minimum Gasteiger partial charge on any atom is -0.377 e. The zero-order valence-corrected chi connectivity index (χ0v) is 18.9. The second-order valence-corrected chi connectivity index (χ2v) is 7.56. The number of halogens is 1. The van der Waals surface area contributed by atoms with Crippen LogP contribution in [0.25, 0.3) is 0 Å². The maximum absolute atomic E-state index is 5.34. The third kappa shape index (κ3) is 8.08. The van der Waals surface area contributed by atoms with E-state index in [1.165, 1.54) is 16.7 Å². The monoisotopic (exact) mass is 471 g/mol. The summed E-state index contributed by atoms with van der Waals surface area (Å²) < 4.78 is 5.34. The van der Waals surface area contributed by atoms with Crippen LogP contribution in [0.15, 0.2) is 40.9 Å². The fourth-order valence-electron chi connectivity index (χ4n) is 2.85. The highest BCUT2D eigenvalue weighted by atomic mass is 127. The van der Waals surface area contributed by atoms with Crippen LogP contribution < -0.4 is 10.6 Å². The molecule has 1 aromatic carbocycles. The molecular formula is C21H34IN3O. The van der Waals surface area contributed by atoms with Crippen molar-refractivity contribution in [2.45, 2.75) is 45.4 Å². The Labute approximate surface area is 175 Å². The zero-order chi connectivity index (χ0) is 18.1. The summed E-state index contributed by atoms with van der Waals surface area (Å²) in [5.74, 6) is 0.874. The molecule has 0 radical (unpaired) electrons. The molecule has 0 atom stereocenters. The normalized spacial score (nSPS) is 15.1. The van der Waals surface area contributed by atoms with E-state index in [2.05, 4.69) is 66.7 Å². The molecule has 0 unspecified atom stereocenters. The molecule has 5 heteroatoms. The van der Waals surface area contributed by atoms with Crippen LogP contribution in [0.4, 0.5) is 0 Å². The number of hydrogen-bond donors (Lipinski definition) is 2. The van der Waals surface area contributed by atoms with Gasteiger partial charge in [0.25, 0.3) is 0 Å². The lowest BCUT2D eigenvalue weighted by Gasteiger charge is -2.19. The second-order valence-electron chi connectivity index (χ2n) is 7.56. The summed E-state index contributed by atoms with van der Waals surface area (Å²) in [6, 6.07) is 8.94. The van der Waals surface area contributed by atoms with Gasteiger partial charge in [0.2, 0.25) is 0 Å². The Morgan fingerprint density at radius 3 is 2.27 bits per heavy atom. The smallest absolute Gasteiger partial charge is 0.190 e. The molecule has 2 N–H and O–H groups in total. The summed E-state index contributed by atoms with van der Waals surface area (Å²) in [5, 5.41) is 6.78. The molecule has 26 heavy (non-hydrogen) atoms. The fraction of sp³-hybridized carbons (Fsp3) is 0.571. The molecule has 0 saturated carbocycles. The molecule has 0 aliphatic carbocycles. The molecule has 1 heterocycles. The zero-order valence-electron chi connectivity index (χ0n) is 16.6. The summed E-state index contributed by atoms with van der Waals surface area (Å²) >= 11 is 0. The number of nitrogens with zero attached hydrogens (tertiary/aromatic N) is 1. The van der Waals surface area contributed by atoms with Crippen molar-refractivity contribution in [3.63, 3.8) is 0 Å². The Kier molecular flexibility index (Phi) is 10.2. The van der Waals surface area contributed by atoms with Crippen LogP contribution in [0.3, 0.4) is 0 Å². The minimum atomic E-state index is 0. The first-order chi connectivity index (χ1) is 12.0. The van der Waals surface area contributed by atoms with Crippen molar-refractivity contribution in [3.8, 4) is 0 Å². The van der Waals surface area contributed by atoms with Gasteiger partial charge >= 0.3 is 0 Å². The summed E-state index contributed by atoms with van der Waals surface area (Å²) in [7, 11) is 1.82. The number of nitrogens with one attached hydrogen (secondary N) is 2. The van der Waals surface area contributed by atoms with Crippen molar-refractivity contribution >= 4 is 29.9 Å². The summed E-state index contributed by atoms with van der Waals surface area (Å²) in [6.45, 7) is 10.1. The van der Waals surface area contributed by atoms with Gasteiger partial charge in [-0.2, -0.15) is 0 Å². The van der Waals surface area contributed by atoms with E-state index < -0.39 is 0 Å². The molecule has 0 saturated heterocycles. The quantitative estimate of drug-likeness (QED) is 0.285. The third-order valence-electron chi connectivity index (χ3n) is 4.55. The Hall–Kier alpha value is -1.08. The Morgan fingerprint density at radius 1 is 1.08 bits per heavy atom. The van der Waals surface area contributed by atoms with E-state index in [9.17, 15) is 0 Å². The molecule has 0 aromatic heterocycles. The van der Waals surface area contributed by atoms with Gasteiger partial charge in [-0.25, -0.2) is 0 Å². The van der Waals surface area contributed by atoms with E-state index in [1.54, 1.807) is 0 Å². The van der Waals surface area contributed by atoms with E-state index in [4.69, 9.17) is 4.74 Å². The van der Waals surface area contributed by atoms with Crippen LogP contribution >= 0.6 is 24.0 Å². The molecule has 0 spiro atoms. The van der Waals surface area contributed by atoms with Gasteiger partial charge in [0.05, 0.1) is 13.2 Å². The number of ether oxygens (including phenoxy) is 1. The Balaban J connectivity index is 0.00000338. The maximum atomic E-state index is 5.34. The van der Waals surface area contributed by atoms with Crippen molar-refractivity contribution in [1.29, 1.82) is 0 Å². The van der Waals surface area contributed by atoms with Crippen molar-refractivity contribution in [1.82, 2.24) is 10.6 Å². The lowest BCUT2D eigenvalue weighted by atomic mass is 9.86. The number of benzene rings is 1. The first-order valence-corrected chi connectivity index (χ1v) is 9.28. The van der Waals surface area contributed by atoms with Crippen molar-refractivity contribution in [3.05, 3.63) is 47.0 Å². The highest BCUT2D eigenvalue weighted by Crippen LogP contribution is 2.22. The lowest BCUT2D eigenvalue weighted by molar-refractivity contribution is 0.153. The SMILES string of the molecule is CN=C(NCCC1=CCOCC1)NCCc1ccc(C(C)(C)C)cc1.I. The van der Waals surface area contributed by atoms with Gasteiger partial charge in [0.15, 0.2) is 5.96 Å². The van der Waals surface area contributed by atoms with Crippen LogP contribution in [0.2, 0.25) is 0 Å². The highest BCUT2D eigenvalue weighted by molar-refractivity contribution is 14.0. The summed E-state index contributed by atoms with van der Waals surface area (Å²) in [4.78, 5) is 4.30. The third-order valence-corrected chi connectivity index (χ3v) is 4.55. The Bertz CT molecular complexity index is 588. The predicted octanol–water partition coefficient (Wildman–Crippen LogP) is 4.05. The van der Waals surface area contributed by atoms with Gasteiger partial charge in [-0.05, 0) is 35.8 Å². The van der Waals surface area contributed by atoms with Crippen LogP contribution in [-0.4, -0.2) is 39.3 Å². The van der Waals surface area contributed by atoms with Gasteiger partial charge in [-0.1, -0.05) is 56.7 Å². The molecule has 1 aliphatic rings. The average Bonchev–Trinajstić information content (AvgIpc) is 2.61. The molecular weight excluding hydrogens is 437 g/mol. The minimum absolute atomic E-state index is 0. The van der Waals surface area contributed by atoms with Crippen molar-refractivity contribution in [2.24, 2.45) is 4.99 Å². The van der Waals surface area contributed by atoms with E-state index >= 15 is 0 Å². The van der Waals surface area contributed by atoms with Gasteiger partial charge in [-0.15, -0.1) is 24.0 Å². The maximum Gasteiger partial charge on any atom is 0.190 e. The standard InChI is InChI=1S/C21H33N3O.HI/c1-21(2,3)19-7-5-17(6-8-19)9-13-23-20(22-4)24-14-10-18-11-15-25-16-12-18;/h5-8,11H,9-10,12-16H2,1-4H3,(H2,22,23,24);1H. The van der Waals surface area contributed by atoms with E-state index in [-0.39, 0.29) is 29.4 Å². The Morgan fingerprint density at radius 2 is 1.73 bits per heavy atom. The average molecular weight is 471 g/mol. The molecule has 0 amide bonds. The summed E-state index contributed by atoms with van der Waals surface area (Å²) in [5.41, 5.74) is 4.42. The van der Waals surface area contributed by atoms with Crippen molar-refractivity contribution in [2.75, 3.05) is 33.4 Å². The van der Waals surface area contributed by atoms with Crippen LogP contribution in [0.5, 0.6) is 0 Å². The summed E-state index contributed by atoms with van der Waals surface area (Å²) in [6.07, 6.45) is 5.30. The van der Waals surface area contributed by atoms with Gasteiger partial charge in [0.1, 0.15) is 0 Å². The molecule has 0 bridgehead atoms. The van der Waals surface area contributed by atoms with Crippen LogP contribution in [-0.2, 0) is 16.6 Å². The van der Waals surface area contributed by atoms with Gasteiger partial charge in [0, 0.05) is 20.1 Å². The van der Waals surface area contributed by atoms with Crippen LogP contribution in [0.1, 0.15) is 44.7 Å². The van der Waals surface area contributed by atoms with Crippen LogP contribution in [0, 0.1) is 0 Å². The van der Waals surface area contributed by atoms with Crippen molar-refractivity contribution < 1.29 is 4.74 Å². The second kappa shape index (κ2) is 11.6. The first kappa shape index (κ1) is 23.0. The number of rotatable bonds is 6. The largest absolute Gasteiger partial charge is 0.377 e. The number of guanidine groups is 1. The predicted molar refractivity (Wildman–Crippen MR) is 122 cm³/mol. The molecule has 4 nitrogen and oxygen atoms in total. The van der Waals surface area contributed by atoms with Gasteiger partial charge in [-0.3, -0.25) is 4.99 Å². The molecule has 1 aliphatic heterocycles. The first-order valence-electron chi connectivity index (χ1n) is 9.28. The van der Waals surface area contributed by atoms with E-state index in [0.29, 0.717) is 0 Å². The van der Waals surface area contributed by atoms with E-state index in [0.717, 1.165) is 51.5 Å². The molecule has 0 fully saturated rings. The topological polar surface area (TPSA) is 45.7 Å². The number of hydrogen-bond acceptors (Lipinski definition) is 2. The fourth-order valence-corrected chi connectivity index (χ4v) is 2.85. The van der Waals surface area contributed by atoms with E-state index in [1.807, 2.05) is 7.05 Å².